The topological polar surface area (TPSA) is 148 Å². The molecule has 0 saturated heterocycles. The van der Waals surface area contributed by atoms with Gasteiger partial charge in [0.2, 0.25) is 0 Å². The number of amides is 2. The first-order chi connectivity index (χ1) is 17.2. The van der Waals surface area contributed by atoms with E-state index in [1.807, 2.05) is 0 Å². The normalized spacial score (nSPS) is 17.3. The smallest absolute Gasteiger partial charge is 0.258 e. The zero-order valence-electron chi connectivity index (χ0n) is 19.0. The van der Waals surface area contributed by atoms with Crippen molar-refractivity contribution >= 4 is 34.8 Å². The summed E-state index contributed by atoms with van der Waals surface area (Å²) in [5.74, 6) is -4.44. The van der Waals surface area contributed by atoms with E-state index in [1.54, 1.807) is 0 Å². The van der Waals surface area contributed by atoms with Gasteiger partial charge in [0, 0.05) is 18.2 Å². The summed E-state index contributed by atoms with van der Waals surface area (Å²) in [7, 11) is 0. The van der Waals surface area contributed by atoms with Gasteiger partial charge in [-0.05, 0) is 37.1 Å². The van der Waals surface area contributed by atoms with Crippen molar-refractivity contribution < 1.29 is 22.8 Å². The molecular formula is C24H24F3N7O2. The lowest BCUT2D eigenvalue weighted by molar-refractivity contribution is 0.0997. The van der Waals surface area contributed by atoms with E-state index in [0.29, 0.717) is 6.07 Å². The Balaban J connectivity index is 1.57. The summed E-state index contributed by atoms with van der Waals surface area (Å²) in [5, 5.41) is 8.33. The number of carbonyl (C=O) groups excluding carboxylic acids is 2. The molecule has 1 saturated carbocycles. The Morgan fingerprint density at radius 2 is 1.67 bits per heavy atom. The fourth-order valence-electron chi connectivity index (χ4n) is 3.97. The molecule has 3 aromatic rings. The van der Waals surface area contributed by atoms with Crippen LogP contribution in [0.2, 0.25) is 0 Å². The monoisotopic (exact) mass is 499 g/mol. The first-order valence-corrected chi connectivity index (χ1v) is 11.2. The molecule has 1 fully saturated rings. The first-order valence-electron chi connectivity index (χ1n) is 11.2. The summed E-state index contributed by atoms with van der Waals surface area (Å²) in [4.78, 5) is 32.6. The molecule has 1 aliphatic rings. The fraction of sp³-hybridized carbons (Fsp3) is 0.250. The van der Waals surface area contributed by atoms with Crippen LogP contribution in [0.3, 0.4) is 0 Å². The number of nitrogens with one attached hydrogen (secondary N) is 3. The average Bonchev–Trinajstić information content (AvgIpc) is 2.82. The van der Waals surface area contributed by atoms with Crippen LogP contribution in [-0.4, -0.2) is 33.9 Å². The first kappa shape index (κ1) is 24.9. The molecule has 9 nitrogen and oxygen atoms in total. The van der Waals surface area contributed by atoms with Gasteiger partial charge in [0.05, 0.1) is 34.9 Å². The summed E-state index contributed by atoms with van der Waals surface area (Å²) >= 11 is 0. The molecule has 7 N–H and O–H groups in total. The Bertz CT molecular complexity index is 1300. The van der Waals surface area contributed by atoms with Crippen molar-refractivity contribution in [1.29, 1.82) is 0 Å². The van der Waals surface area contributed by atoms with Gasteiger partial charge in [-0.1, -0.05) is 12.8 Å². The van der Waals surface area contributed by atoms with Crippen molar-refractivity contribution in [2.24, 2.45) is 11.5 Å². The molecule has 0 radical (unpaired) electrons. The fourth-order valence-corrected chi connectivity index (χ4v) is 3.97. The molecule has 2 aromatic heterocycles. The molecule has 2 amide bonds. The van der Waals surface area contributed by atoms with Gasteiger partial charge in [0.1, 0.15) is 17.5 Å². The third-order valence-electron chi connectivity index (χ3n) is 5.82. The van der Waals surface area contributed by atoms with Crippen molar-refractivity contribution in [2.75, 3.05) is 16.0 Å². The molecule has 0 bridgehead atoms. The van der Waals surface area contributed by atoms with Crippen LogP contribution < -0.4 is 27.4 Å². The maximum absolute atomic E-state index is 14.7. The van der Waals surface area contributed by atoms with Gasteiger partial charge in [-0.15, -0.1) is 0 Å². The number of halogens is 3. The number of rotatable bonds is 7. The molecule has 2 atom stereocenters. The number of hydrogen-bond acceptors (Lipinski definition) is 7. The summed E-state index contributed by atoms with van der Waals surface area (Å²) in [5.41, 5.74) is 11.4. The third-order valence-corrected chi connectivity index (χ3v) is 5.82. The molecule has 0 spiro atoms. The second kappa shape index (κ2) is 10.6. The number of hydrogen-bond donors (Lipinski definition) is 5. The zero-order valence-corrected chi connectivity index (χ0v) is 19.0. The van der Waals surface area contributed by atoms with Gasteiger partial charge >= 0.3 is 0 Å². The molecule has 0 aliphatic heterocycles. The van der Waals surface area contributed by atoms with Crippen LogP contribution in [0, 0.1) is 17.5 Å². The van der Waals surface area contributed by atoms with Crippen molar-refractivity contribution in [3.05, 3.63) is 71.3 Å². The number of carbonyl (C=O) groups is 2. The van der Waals surface area contributed by atoms with Crippen LogP contribution >= 0.6 is 0 Å². The van der Waals surface area contributed by atoms with Gasteiger partial charge < -0.3 is 27.4 Å². The SMILES string of the molecule is NC(=O)c1cc(F)c(NC2CCCCC2N)nc1Nc1cncc(NC(=O)c2ccc(F)cc2F)c1. The van der Waals surface area contributed by atoms with Crippen molar-refractivity contribution in [3.8, 4) is 0 Å². The third kappa shape index (κ3) is 5.71. The van der Waals surface area contributed by atoms with E-state index < -0.39 is 29.3 Å². The minimum Gasteiger partial charge on any atom is -0.365 e. The van der Waals surface area contributed by atoms with Crippen molar-refractivity contribution in [2.45, 2.75) is 37.8 Å². The van der Waals surface area contributed by atoms with Crippen molar-refractivity contribution in [3.63, 3.8) is 0 Å². The van der Waals surface area contributed by atoms with E-state index in [-0.39, 0.29) is 46.2 Å². The maximum Gasteiger partial charge on any atom is 0.258 e. The van der Waals surface area contributed by atoms with E-state index in [2.05, 4.69) is 25.9 Å². The molecule has 12 heteroatoms. The summed E-state index contributed by atoms with van der Waals surface area (Å²) in [6.45, 7) is 0. The highest BCUT2D eigenvalue weighted by Gasteiger charge is 2.24. The minimum absolute atomic E-state index is 0.0364. The number of anilines is 4. The second-order valence-electron chi connectivity index (χ2n) is 8.44. The van der Waals surface area contributed by atoms with Crippen LogP contribution in [-0.2, 0) is 0 Å². The lowest BCUT2D eigenvalue weighted by Gasteiger charge is -2.30. The highest BCUT2D eigenvalue weighted by Crippen LogP contribution is 2.27. The molecule has 2 heterocycles. The largest absolute Gasteiger partial charge is 0.365 e. The number of nitrogens with zero attached hydrogens (tertiary/aromatic N) is 2. The Labute approximate surface area is 204 Å². The lowest BCUT2D eigenvalue weighted by Crippen LogP contribution is -2.43. The van der Waals surface area contributed by atoms with E-state index >= 15 is 0 Å². The Hall–Kier alpha value is -4.19. The molecule has 188 valence electrons. The number of pyridine rings is 2. The molecule has 1 aliphatic carbocycles. The van der Waals surface area contributed by atoms with Crippen LogP contribution in [0.15, 0.2) is 42.7 Å². The highest BCUT2D eigenvalue weighted by atomic mass is 19.1. The zero-order chi connectivity index (χ0) is 25.8. The molecule has 2 unspecified atom stereocenters. The van der Waals surface area contributed by atoms with Crippen molar-refractivity contribution in [1.82, 2.24) is 9.97 Å². The van der Waals surface area contributed by atoms with E-state index in [9.17, 15) is 22.8 Å². The van der Waals surface area contributed by atoms with Crippen LogP contribution in [0.25, 0.3) is 0 Å². The average molecular weight is 499 g/mol. The number of aromatic nitrogens is 2. The predicted molar refractivity (Wildman–Crippen MR) is 128 cm³/mol. The van der Waals surface area contributed by atoms with Crippen LogP contribution in [0.1, 0.15) is 46.4 Å². The summed E-state index contributed by atoms with van der Waals surface area (Å²) in [6.07, 6.45) is 6.17. The van der Waals surface area contributed by atoms with Crippen LogP contribution in [0.5, 0.6) is 0 Å². The molecule has 4 rings (SSSR count). The van der Waals surface area contributed by atoms with Gasteiger partial charge in [0.15, 0.2) is 11.6 Å². The van der Waals surface area contributed by atoms with E-state index in [4.69, 9.17) is 11.5 Å². The number of benzene rings is 1. The number of nitrogens with two attached hydrogens (primary N) is 2. The molecule has 36 heavy (non-hydrogen) atoms. The molecular weight excluding hydrogens is 475 g/mol. The Kier molecular flexibility index (Phi) is 7.34. The number of primary amides is 1. The van der Waals surface area contributed by atoms with Crippen LogP contribution in [0.4, 0.5) is 36.2 Å². The quantitative estimate of drug-likeness (QED) is 0.333. The predicted octanol–water partition coefficient (Wildman–Crippen LogP) is 3.67. The minimum atomic E-state index is -1.02. The Morgan fingerprint density at radius 1 is 0.917 bits per heavy atom. The van der Waals surface area contributed by atoms with Gasteiger partial charge in [-0.3, -0.25) is 14.6 Å². The standard InChI is InChI=1S/C24H24F3N7O2/c25-12-5-6-15(17(26)7-12)24(36)32-14-8-13(10-30-11-14)31-22-16(21(29)35)9-18(27)23(34-22)33-20-4-2-1-3-19(20)28/h5-11,19-20H,1-4,28H2,(H2,29,35)(H,32,36)(H2,31,33,34). The van der Waals surface area contributed by atoms with Gasteiger partial charge in [-0.2, -0.15) is 0 Å². The molecule has 1 aromatic carbocycles. The second-order valence-corrected chi connectivity index (χ2v) is 8.44. The lowest BCUT2D eigenvalue weighted by atomic mass is 9.91. The van der Waals surface area contributed by atoms with Gasteiger partial charge in [-0.25, -0.2) is 18.2 Å². The highest BCUT2D eigenvalue weighted by molar-refractivity contribution is 6.04. The van der Waals surface area contributed by atoms with E-state index in [1.165, 1.54) is 18.5 Å². The summed E-state index contributed by atoms with van der Waals surface area (Å²) in [6, 6.07) is 4.65. The Morgan fingerprint density at radius 3 is 2.39 bits per heavy atom. The van der Waals surface area contributed by atoms with E-state index in [0.717, 1.165) is 43.9 Å². The maximum atomic E-state index is 14.7. The summed E-state index contributed by atoms with van der Waals surface area (Å²) < 4.78 is 41.8. The van der Waals surface area contributed by atoms with Gasteiger partial charge in [0.25, 0.3) is 11.8 Å².